The highest BCUT2D eigenvalue weighted by atomic mass is 32.2. The Kier molecular flexibility index (Phi) is 10.5. The Bertz CT molecular complexity index is 1270. The van der Waals surface area contributed by atoms with Crippen molar-refractivity contribution in [2.24, 2.45) is 5.73 Å². The molecule has 3 rings (SSSR count). The third kappa shape index (κ3) is 8.09. The molecule has 0 bridgehead atoms. The number of nitro groups is 2. The van der Waals surface area contributed by atoms with Crippen LogP contribution < -0.4 is 5.73 Å². The van der Waals surface area contributed by atoms with Gasteiger partial charge in [0.15, 0.2) is 11.0 Å². The summed E-state index contributed by atoms with van der Waals surface area (Å²) < 4.78 is 1.92. The summed E-state index contributed by atoms with van der Waals surface area (Å²) in [6.07, 6.45) is 9.61. The zero-order valence-corrected chi connectivity index (χ0v) is 21.4. The second-order valence-electron chi connectivity index (χ2n) is 8.34. The van der Waals surface area contributed by atoms with E-state index in [1.54, 1.807) is 12.4 Å². The van der Waals surface area contributed by atoms with Gasteiger partial charge >= 0.3 is 0 Å². The Morgan fingerprint density at radius 3 is 2.43 bits per heavy atom. The topological polar surface area (TPSA) is 156 Å². The van der Waals surface area contributed by atoms with Crippen LogP contribution in [0.4, 0.5) is 11.4 Å². The highest BCUT2D eigenvalue weighted by Crippen LogP contribution is 2.30. The van der Waals surface area contributed by atoms with Gasteiger partial charge in [-0.15, -0.1) is 10.2 Å². The van der Waals surface area contributed by atoms with E-state index in [1.165, 1.54) is 43.2 Å². The van der Waals surface area contributed by atoms with E-state index in [0.717, 1.165) is 30.0 Å². The van der Waals surface area contributed by atoms with Crippen LogP contribution in [0.3, 0.4) is 0 Å². The number of pyridine rings is 1. The first-order valence-corrected chi connectivity index (χ1v) is 13.0. The highest BCUT2D eigenvalue weighted by Gasteiger charge is 2.19. The molecule has 2 heterocycles. The Balaban J connectivity index is 1.82. The Morgan fingerprint density at radius 2 is 1.76 bits per heavy atom. The lowest BCUT2D eigenvalue weighted by atomic mass is 10.1. The standard InChI is InChI=1S/C25H29N7O4S/c1-2-3-4-5-6-7-9-19-12-21(17-27-16-19)24-28-29-25(30(24)11-8-10-26)37-18-20-13-22(31(33)34)15-23(14-20)32(35)36/h12-17H,2-6,8,10-11,18,26H2,1H3. The van der Waals surface area contributed by atoms with Crippen LogP contribution in [-0.4, -0.2) is 36.1 Å². The van der Waals surface area contributed by atoms with Crippen LogP contribution in [-0.2, 0) is 12.3 Å². The molecular weight excluding hydrogens is 494 g/mol. The first-order valence-electron chi connectivity index (χ1n) is 12.1. The number of rotatable bonds is 13. The monoisotopic (exact) mass is 523 g/mol. The predicted octanol–water partition coefficient (Wildman–Crippen LogP) is 5.12. The van der Waals surface area contributed by atoms with Gasteiger partial charge in [-0.2, -0.15) is 0 Å². The van der Waals surface area contributed by atoms with Gasteiger partial charge in [0.1, 0.15) is 0 Å². The highest BCUT2D eigenvalue weighted by molar-refractivity contribution is 7.98. The number of non-ortho nitro benzene ring substituents is 2. The summed E-state index contributed by atoms with van der Waals surface area (Å²) in [6, 6.07) is 5.53. The molecule has 12 heteroatoms. The Hall–Kier alpha value is -3.82. The van der Waals surface area contributed by atoms with E-state index in [0.29, 0.717) is 36.1 Å². The van der Waals surface area contributed by atoms with Crippen molar-refractivity contribution in [2.45, 2.75) is 62.9 Å². The van der Waals surface area contributed by atoms with Crippen LogP contribution in [0.2, 0.25) is 0 Å². The number of nitrogens with zero attached hydrogens (tertiary/aromatic N) is 6. The molecule has 0 aliphatic carbocycles. The molecule has 37 heavy (non-hydrogen) atoms. The molecule has 0 radical (unpaired) electrons. The molecule has 0 aliphatic heterocycles. The first kappa shape index (κ1) is 27.8. The van der Waals surface area contributed by atoms with Crippen molar-refractivity contribution in [3.8, 4) is 23.2 Å². The van der Waals surface area contributed by atoms with Gasteiger partial charge in [0, 0.05) is 54.4 Å². The van der Waals surface area contributed by atoms with E-state index in [9.17, 15) is 20.2 Å². The lowest BCUT2D eigenvalue weighted by Crippen LogP contribution is -2.08. The third-order valence-electron chi connectivity index (χ3n) is 5.44. The van der Waals surface area contributed by atoms with Crippen LogP contribution in [0.25, 0.3) is 11.4 Å². The SMILES string of the molecule is CCCCCCC#Cc1cncc(-c2nnc(SCc3cc([N+](=O)[O-])cc([N+](=O)[O-])c3)n2CCCN)c1. The molecule has 1 aromatic carbocycles. The van der Waals surface area contributed by atoms with Gasteiger partial charge in [-0.05, 0) is 31.0 Å². The molecule has 2 N–H and O–H groups in total. The van der Waals surface area contributed by atoms with Crippen molar-refractivity contribution in [3.05, 3.63) is 68.0 Å². The number of unbranched alkanes of at least 4 members (excludes halogenated alkanes) is 4. The van der Waals surface area contributed by atoms with E-state index >= 15 is 0 Å². The maximum atomic E-state index is 11.2. The first-order chi connectivity index (χ1) is 17.9. The van der Waals surface area contributed by atoms with E-state index in [-0.39, 0.29) is 17.1 Å². The van der Waals surface area contributed by atoms with Crippen molar-refractivity contribution < 1.29 is 9.85 Å². The number of hydrogen-bond donors (Lipinski definition) is 1. The van der Waals surface area contributed by atoms with Crippen LogP contribution >= 0.6 is 11.8 Å². The smallest absolute Gasteiger partial charge is 0.276 e. The minimum Gasteiger partial charge on any atom is -0.330 e. The van der Waals surface area contributed by atoms with Crippen molar-refractivity contribution >= 4 is 23.1 Å². The number of aromatic nitrogens is 4. The normalized spacial score (nSPS) is 10.6. The average molecular weight is 524 g/mol. The van der Waals surface area contributed by atoms with Crippen LogP contribution in [0.15, 0.2) is 41.8 Å². The van der Waals surface area contributed by atoms with Crippen molar-refractivity contribution in [1.29, 1.82) is 0 Å². The zero-order chi connectivity index (χ0) is 26.6. The second-order valence-corrected chi connectivity index (χ2v) is 9.28. The van der Waals surface area contributed by atoms with Crippen molar-refractivity contribution in [2.75, 3.05) is 6.54 Å². The average Bonchev–Trinajstić information content (AvgIpc) is 3.30. The van der Waals surface area contributed by atoms with Crippen molar-refractivity contribution in [3.63, 3.8) is 0 Å². The fourth-order valence-corrected chi connectivity index (χ4v) is 4.49. The number of hydrogen-bond acceptors (Lipinski definition) is 9. The summed E-state index contributed by atoms with van der Waals surface area (Å²) in [6.45, 7) is 3.21. The van der Waals surface area contributed by atoms with Gasteiger partial charge in [-0.25, -0.2) is 0 Å². The summed E-state index contributed by atoms with van der Waals surface area (Å²) in [5, 5.41) is 31.7. The van der Waals surface area contributed by atoms with Crippen LogP contribution in [0.5, 0.6) is 0 Å². The maximum Gasteiger partial charge on any atom is 0.276 e. The minimum absolute atomic E-state index is 0.241. The molecule has 2 aromatic heterocycles. The molecule has 0 saturated heterocycles. The molecule has 0 aliphatic rings. The fraction of sp³-hybridized carbons (Fsp3) is 0.400. The summed E-state index contributed by atoms with van der Waals surface area (Å²) in [7, 11) is 0. The molecule has 0 atom stereocenters. The fourth-order valence-electron chi connectivity index (χ4n) is 3.59. The van der Waals surface area contributed by atoms with Gasteiger partial charge < -0.3 is 10.3 Å². The summed E-state index contributed by atoms with van der Waals surface area (Å²) in [4.78, 5) is 25.5. The summed E-state index contributed by atoms with van der Waals surface area (Å²) >= 11 is 1.29. The molecule has 3 aromatic rings. The van der Waals surface area contributed by atoms with Gasteiger partial charge in [-0.3, -0.25) is 25.2 Å². The van der Waals surface area contributed by atoms with E-state index in [1.807, 2.05) is 10.6 Å². The molecule has 0 amide bonds. The van der Waals surface area contributed by atoms with E-state index < -0.39 is 9.85 Å². The molecule has 194 valence electrons. The van der Waals surface area contributed by atoms with Gasteiger partial charge in [-0.1, -0.05) is 49.8 Å². The van der Waals surface area contributed by atoms with E-state index in [2.05, 4.69) is 33.9 Å². The minimum atomic E-state index is -0.642. The lowest BCUT2D eigenvalue weighted by Gasteiger charge is -2.10. The zero-order valence-electron chi connectivity index (χ0n) is 20.6. The number of thioether (sulfide) groups is 1. The number of benzene rings is 1. The maximum absolute atomic E-state index is 11.2. The van der Waals surface area contributed by atoms with Crippen LogP contribution in [0.1, 0.15) is 56.6 Å². The molecule has 0 unspecified atom stereocenters. The molecular formula is C25H29N7O4S. The number of nitrogens with two attached hydrogens (primary N) is 1. The van der Waals surface area contributed by atoms with Crippen LogP contribution in [0, 0.1) is 32.1 Å². The quantitative estimate of drug-likeness (QED) is 0.106. The Morgan fingerprint density at radius 1 is 1.00 bits per heavy atom. The largest absolute Gasteiger partial charge is 0.330 e. The Labute approximate surface area is 219 Å². The van der Waals surface area contributed by atoms with Gasteiger partial charge in [0.25, 0.3) is 11.4 Å². The third-order valence-corrected chi connectivity index (χ3v) is 6.48. The summed E-state index contributed by atoms with van der Waals surface area (Å²) in [5.41, 5.74) is 7.08. The lowest BCUT2D eigenvalue weighted by molar-refractivity contribution is -0.394. The van der Waals surface area contributed by atoms with Gasteiger partial charge in [0.2, 0.25) is 0 Å². The van der Waals surface area contributed by atoms with E-state index in [4.69, 9.17) is 5.73 Å². The molecule has 11 nitrogen and oxygen atoms in total. The predicted molar refractivity (Wildman–Crippen MR) is 142 cm³/mol. The number of nitro benzene ring substituents is 2. The molecule has 0 fully saturated rings. The second kappa shape index (κ2) is 14.1. The molecule has 0 spiro atoms. The summed E-state index contributed by atoms with van der Waals surface area (Å²) in [5.74, 6) is 7.23. The molecule has 0 saturated carbocycles. The van der Waals surface area contributed by atoms with Gasteiger partial charge in [0.05, 0.1) is 15.9 Å². The van der Waals surface area contributed by atoms with Crippen molar-refractivity contribution in [1.82, 2.24) is 19.7 Å².